The second-order valence-corrected chi connectivity index (χ2v) is 6.76. The summed E-state index contributed by atoms with van der Waals surface area (Å²) in [6, 6.07) is 12.8. The number of aromatic hydroxyl groups is 1. The van der Waals surface area contributed by atoms with Gasteiger partial charge in [-0.1, -0.05) is 34.1 Å². The number of benzene rings is 2. The summed E-state index contributed by atoms with van der Waals surface area (Å²) in [4.78, 5) is 8.74. The molecule has 0 spiro atoms. The Hall–Kier alpha value is -3.53. The molecular formula is C18H14BrN7O2. The van der Waals surface area contributed by atoms with Gasteiger partial charge < -0.3 is 10.4 Å². The average Bonchev–Trinajstić information content (AvgIpc) is 3.13. The van der Waals surface area contributed by atoms with Gasteiger partial charge in [-0.3, -0.25) is 5.43 Å². The van der Waals surface area contributed by atoms with Crippen molar-refractivity contribution in [3.8, 4) is 5.75 Å². The molecule has 0 atom stereocenters. The zero-order chi connectivity index (χ0) is 19.5. The number of hydrazone groups is 1. The lowest BCUT2D eigenvalue weighted by molar-refractivity contribution is 0.314. The van der Waals surface area contributed by atoms with Gasteiger partial charge in [0.15, 0.2) is 11.6 Å². The van der Waals surface area contributed by atoms with Crippen LogP contribution in [0.4, 0.5) is 17.3 Å². The molecule has 0 saturated carbocycles. The minimum atomic E-state index is 0.106. The van der Waals surface area contributed by atoms with Gasteiger partial charge in [0.25, 0.3) is 0 Å². The van der Waals surface area contributed by atoms with E-state index in [1.54, 1.807) is 18.2 Å². The van der Waals surface area contributed by atoms with Gasteiger partial charge in [-0.15, -0.1) is 0 Å². The number of rotatable bonds is 5. The molecule has 0 amide bonds. The molecule has 0 unspecified atom stereocenters. The monoisotopic (exact) mass is 439 g/mol. The van der Waals surface area contributed by atoms with Crippen molar-refractivity contribution >= 4 is 50.8 Å². The summed E-state index contributed by atoms with van der Waals surface area (Å²) < 4.78 is 5.52. The Labute approximate surface area is 167 Å². The van der Waals surface area contributed by atoms with Crippen molar-refractivity contribution in [2.75, 3.05) is 10.7 Å². The van der Waals surface area contributed by atoms with Gasteiger partial charge in [0.1, 0.15) is 5.75 Å². The maximum Gasteiger partial charge on any atom is 0.245 e. The molecule has 0 fully saturated rings. The summed E-state index contributed by atoms with van der Waals surface area (Å²) in [5.41, 5.74) is 5.79. The Morgan fingerprint density at radius 3 is 2.61 bits per heavy atom. The van der Waals surface area contributed by atoms with Gasteiger partial charge in [-0.2, -0.15) is 10.1 Å². The highest BCUT2D eigenvalue weighted by atomic mass is 79.9. The van der Waals surface area contributed by atoms with Crippen LogP contribution in [0.15, 0.2) is 56.7 Å². The van der Waals surface area contributed by atoms with Crippen molar-refractivity contribution < 1.29 is 9.74 Å². The summed E-state index contributed by atoms with van der Waals surface area (Å²) in [6.45, 7) is 1.98. The van der Waals surface area contributed by atoms with Gasteiger partial charge in [0.2, 0.25) is 11.3 Å². The molecule has 4 rings (SSSR count). The van der Waals surface area contributed by atoms with Crippen LogP contribution in [0, 0.1) is 6.92 Å². The fraction of sp³-hybridized carbons (Fsp3) is 0.0556. The predicted octanol–water partition coefficient (Wildman–Crippen LogP) is 3.98. The minimum Gasteiger partial charge on any atom is -0.507 e. The van der Waals surface area contributed by atoms with E-state index in [2.05, 4.69) is 52.1 Å². The van der Waals surface area contributed by atoms with Crippen LogP contribution in [0.25, 0.3) is 11.3 Å². The lowest BCUT2D eigenvalue weighted by atomic mass is 10.2. The van der Waals surface area contributed by atoms with E-state index < -0.39 is 0 Å². The zero-order valence-electron chi connectivity index (χ0n) is 14.6. The summed E-state index contributed by atoms with van der Waals surface area (Å²) in [6.07, 6.45) is 1.48. The first-order valence-corrected chi connectivity index (χ1v) is 9.00. The van der Waals surface area contributed by atoms with Crippen molar-refractivity contribution in [2.24, 2.45) is 5.10 Å². The molecule has 0 radical (unpaired) electrons. The number of hydrogen-bond donors (Lipinski definition) is 3. The normalized spacial score (nSPS) is 11.2. The highest BCUT2D eigenvalue weighted by Gasteiger charge is 2.13. The van der Waals surface area contributed by atoms with Gasteiger partial charge in [-0.05, 0) is 47.1 Å². The Morgan fingerprint density at radius 2 is 1.82 bits per heavy atom. The second kappa shape index (κ2) is 7.61. The number of para-hydroxylation sites is 1. The number of fused-ring (bicyclic) bond motifs is 1. The fourth-order valence-electron chi connectivity index (χ4n) is 2.44. The summed E-state index contributed by atoms with van der Waals surface area (Å²) >= 11 is 3.36. The summed E-state index contributed by atoms with van der Waals surface area (Å²) in [7, 11) is 0. The van der Waals surface area contributed by atoms with E-state index in [1.807, 2.05) is 31.2 Å². The third-order valence-corrected chi connectivity index (χ3v) is 4.37. The first-order valence-electron chi connectivity index (χ1n) is 8.21. The van der Waals surface area contributed by atoms with Crippen LogP contribution >= 0.6 is 15.9 Å². The third-order valence-electron chi connectivity index (χ3n) is 3.88. The van der Waals surface area contributed by atoms with Crippen LogP contribution in [0.3, 0.4) is 0 Å². The molecule has 0 aliphatic heterocycles. The van der Waals surface area contributed by atoms with Crippen molar-refractivity contribution in [3.05, 3.63) is 58.1 Å². The molecular weight excluding hydrogens is 426 g/mol. The number of nitrogens with one attached hydrogen (secondary N) is 2. The Morgan fingerprint density at radius 1 is 1.07 bits per heavy atom. The van der Waals surface area contributed by atoms with Gasteiger partial charge in [0.05, 0.1) is 6.21 Å². The van der Waals surface area contributed by atoms with Gasteiger partial charge in [-0.25, -0.2) is 9.61 Å². The molecule has 0 aliphatic carbocycles. The minimum absolute atomic E-state index is 0.106. The molecule has 9 nitrogen and oxygen atoms in total. The van der Waals surface area contributed by atoms with E-state index in [0.29, 0.717) is 17.2 Å². The Bertz CT molecular complexity index is 1180. The highest BCUT2D eigenvalue weighted by Crippen LogP contribution is 2.26. The molecule has 0 aliphatic rings. The van der Waals surface area contributed by atoms with Crippen molar-refractivity contribution in [3.63, 3.8) is 0 Å². The van der Waals surface area contributed by atoms with Crippen LogP contribution in [0.1, 0.15) is 11.1 Å². The largest absolute Gasteiger partial charge is 0.507 e. The average molecular weight is 440 g/mol. The first-order chi connectivity index (χ1) is 13.6. The van der Waals surface area contributed by atoms with Crippen LogP contribution in [-0.4, -0.2) is 31.6 Å². The summed E-state index contributed by atoms with van der Waals surface area (Å²) in [5, 5.41) is 24.7. The SMILES string of the molecule is Cc1ccccc1Nc1nc2nonc2nc1NN=Cc1cc(Br)ccc1O. The quantitative estimate of drug-likeness (QED) is 0.315. The zero-order valence-corrected chi connectivity index (χ0v) is 16.2. The smallest absolute Gasteiger partial charge is 0.245 e. The second-order valence-electron chi connectivity index (χ2n) is 5.85. The molecule has 3 N–H and O–H groups in total. The molecule has 0 saturated heterocycles. The van der Waals surface area contributed by atoms with Crippen LogP contribution in [-0.2, 0) is 0 Å². The number of phenols is 1. The predicted molar refractivity (Wildman–Crippen MR) is 109 cm³/mol. The third kappa shape index (κ3) is 3.76. The Kier molecular flexibility index (Phi) is 4.85. The lowest BCUT2D eigenvalue weighted by Crippen LogP contribution is -2.04. The van der Waals surface area contributed by atoms with E-state index in [1.165, 1.54) is 6.21 Å². The Balaban J connectivity index is 1.66. The highest BCUT2D eigenvalue weighted by molar-refractivity contribution is 9.10. The van der Waals surface area contributed by atoms with Crippen LogP contribution < -0.4 is 10.7 Å². The molecule has 0 bridgehead atoms. The molecule has 10 heteroatoms. The van der Waals surface area contributed by atoms with Gasteiger partial charge >= 0.3 is 0 Å². The number of halogens is 1. The van der Waals surface area contributed by atoms with E-state index in [9.17, 15) is 5.11 Å². The molecule has 28 heavy (non-hydrogen) atoms. The molecule has 4 aromatic rings. The standard InChI is InChI=1S/C18H14BrN7O2/c1-10-4-2-3-5-13(10)21-15-16(23-18-17(22-15)25-28-26-18)24-20-9-11-8-12(19)6-7-14(11)27/h2-9,27H,1H3,(H,21,22,25)(H,23,24,26). The number of aromatic nitrogens is 4. The number of nitrogens with zero attached hydrogens (tertiary/aromatic N) is 5. The molecule has 2 heterocycles. The van der Waals surface area contributed by atoms with E-state index in [-0.39, 0.29) is 17.0 Å². The maximum atomic E-state index is 9.91. The fourth-order valence-corrected chi connectivity index (χ4v) is 2.81. The topological polar surface area (TPSA) is 121 Å². The molecule has 2 aromatic heterocycles. The summed E-state index contributed by atoms with van der Waals surface area (Å²) in [5.74, 6) is 0.847. The van der Waals surface area contributed by atoms with E-state index >= 15 is 0 Å². The van der Waals surface area contributed by atoms with Crippen molar-refractivity contribution in [2.45, 2.75) is 6.92 Å². The van der Waals surface area contributed by atoms with Crippen molar-refractivity contribution in [1.82, 2.24) is 20.3 Å². The van der Waals surface area contributed by atoms with Crippen LogP contribution in [0.2, 0.25) is 0 Å². The maximum absolute atomic E-state index is 9.91. The van der Waals surface area contributed by atoms with Crippen molar-refractivity contribution in [1.29, 1.82) is 0 Å². The lowest BCUT2D eigenvalue weighted by Gasteiger charge is -2.11. The van der Waals surface area contributed by atoms with Crippen LogP contribution in [0.5, 0.6) is 5.75 Å². The first kappa shape index (κ1) is 17.9. The van der Waals surface area contributed by atoms with E-state index in [4.69, 9.17) is 4.63 Å². The number of aryl methyl sites for hydroxylation is 1. The molecule has 2 aromatic carbocycles. The number of anilines is 3. The number of phenolic OH excluding ortho intramolecular Hbond substituents is 1. The molecule has 140 valence electrons. The van der Waals surface area contributed by atoms with E-state index in [0.717, 1.165) is 15.7 Å². The number of hydrogen-bond acceptors (Lipinski definition) is 9. The van der Waals surface area contributed by atoms with Gasteiger partial charge in [0, 0.05) is 15.7 Å².